The van der Waals surface area contributed by atoms with Gasteiger partial charge in [0, 0.05) is 33.2 Å². The summed E-state index contributed by atoms with van der Waals surface area (Å²) in [5.41, 5.74) is 1.25. The minimum atomic E-state index is -0.432. The summed E-state index contributed by atoms with van der Waals surface area (Å²) in [4.78, 5) is 23.3. The summed E-state index contributed by atoms with van der Waals surface area (Å²) in [6.45, 7) is 1.51. The molecule has 1 aromatic heterocycles. The van der Waals surface area contributed by atoms with Crippen LogP contribution in [0.4, 0.5) is 0 Å². The highest BCUT2D eigenvalue weighted by molar-refractivity contribution is 5.76. The molecular formula is C14H18N2O4. The molecule has 0 spiro atoms. The van der Waals surface area contributed by atoms with Crippen molar-refractivity contribution in [2.24, 2.45) is 0 Å². The van der Waals surface area contributed by atoms with Crippen LogP contribution in [-0.2, 0) is 16.1 Å². The maximum absolute atomic E-state index is 11.7. The molecule has 1 N–H and O–H groups in total. The quantitative estimate of drug-likeness (QED) is 0.771. The van der Waals surface area contributed by atoms with Gasteiger partial charge in [-0.05, 0) is 18.6 Å². The predicted molar refractivity (Wildman–Crippen MR) is 74.6 cm³/mol. The molecule has 2 aromatic rings. The van der Waals surface area contributed by atoms with Crippen LogP contribution in [0, 0.1) is 0 Å². The number of aromatic nitrogens is 1. The standard InChI is InChI=1S/C14H18N2O4/c1-19-10-4-8-15-13(17)7-9-16-11-5-2-3-6-12(11)20-14(16)18/h2-3,5-6H,4,7-10H2,1H3,(H,15,17). The number of carbonyl (C=O) groups excluding carboxylic acids is 1. The summed E-state index contributed by atoms with van der Waals surface area (Å²) in [7, 11) is 1.62. The van der Waals surface area contributed by atoms with E-state index in [0.717, 1.165) is 6.42 Å². The van der Waals surface area contributed by atoms with Crippen LogP contribution in [-0.4, -0.2) is 30.7 Å². The molecular weight excluding hydrogens is 260 g/mol. The van der Waals surface area contributed by atoms with Crippen molar-refractivity contribution in [1.82, 2.24) is 9.88 Å². The van der Waals surface area contributed by atoms with Gasteiger partial charge in [-0.15, -0.1) is 0 Å². The number of oxazole rings is 1. The second-order valence-electron chi connectivity index (χ2n) is 4.43. The number of fused-ring (bicyclic) bond motifs is 1. The lowest BCUT2D eigenvalue weighted by atomic mass is 10.3. The number of ether oxygens (including phenoxy) is 1. The summed E-state index contributed by atoms with van der Waals surface area (Å²) in [5.74, 6) is -0.517. The van der Waals surface area contributed by atoms with E-state index in [0.29, 0.717) is 30.8 Å². The second-order valence-corrected chi connectivity index (χ2v) is 4.43. The van der Waals surface area contributed by atoms with Crippen LogP contribution in [0.15, 0.2) is 33.5 Å². The Kier molecular flexibility index (Phi) is 4.95. The van der Waals surface area contributed by atoms with E-state index in [1.165, 1.54) is 4.57 Å². The largest absolute Gasteiger partial charge is 0.419 e. The number of aryl methyl sites for hydroxylation is 1. The Morgan fingerprint density at radius 2 is 2.20 bits per heavy atom. The lowest BCUT2D eigenvalue weighted by Crippen LogP contribution is -2.27. The summed E-state index contributed by atoms with van der Waals surface area (Å²) in [5, 5.41) is 2.78. The van der Waals surface area contributed by atoms with E-state index in [-0.39, 0.29) is 12.3 Å². The molecule has 1 amide bonds. The number of hydrogen-bond donors (Lipinski definition) is 1. The van der Waals surface area contributed by atoms with Gasteiger partial charge in [-0.1, -0.05) is 12.1 Å². The zero-order chi connectivity index (χ0) is 14.4. The van der Waals surface area contributed by atoms with E-state index in [9.17, 15) is 9.59 Å². The van der Waals surface area contributed by atoms with Crippen molar-refractivity contribution >= 4 is 17.0 Å². The van der Waals surface area contributed by atoms with Crippen LogP contribution < -0.4 is 11.1 Å². The molecule has 6 heteroatoms. The van der Waals surface area contributed by atoms with Crippen molar-refractivity contribution in [3.8, 4) is 0 Å². The van der Waals surface area contributed by atoms with Crippen molar-refractivity contribution in [3.63, 3.8) is 0 Å². The third-order valence-electron chi connectivity index (χ3n) is 2.98. The molecule has 2 rings (SSSR count). The molecule has 0 saturated heterocycles. The lowest BCUT2D eigenvalue weighted by molar-refractivity contribution is -0.121. The normalized spacial score (nSPS) is 10.8. The average molecular weight is 278 g/mol. The number of nitrogens with zero attached hydrogens (tertiary/aromatic N) is 1. The molecule has 0 unspecified atom stereocenters. The van der Waals surface area contributed by atoms with Gasteiger partial charge < -0.3 is 14.5 Å². The van der Waals surface area contributed by atoms with Crippen LogP contribution >= 0.6 is 0 Å². The molecule has 0 fully saturated rings. The zero-order valence-electron chi connectivity index (χ0n) is 11.4. The number of rotatable bonds is 7. The van der Waals surface area contributed by atoms with Gasteiger partial charge in [-0.3, -0.25) is 9.36 Å². The Morgan fingerprint density at radius 1 is 1.40 bits per heavy atom. The first-order valence-electron chi connectivity index (χ1n) is 6.56. The molecule has 0 aliphatic heterocycles. The van der Waals surface area contributed by atoms with Gasteiger partial charge >= 0.3 is 5.76 Å². The number of amides is 1. The molecule has 0 atom stereocenters. The van der Waals surface area contributed by atoms with Gasteiger partial charge in [0.25, 0.3) is 0 Å². The average Bonchev–Trinajstić information content (AvgIpc) is 2.77. The Morgan fingerprint density at radius 3 is 3.00 bits per heavy atom. The van der Waals surface area contributed by atoms with Gasteiger partial charge in [0.15, 0.2) is 5.58 Å². The second kappa shape index (κ2) is 6.91. The Bertz CT molecular complexity index is 629. The highest BCUT2D eigenvalue weighted by atomic mass is 16.5. The zero-order valence-corrected chi connectivity index (χ0v) is 11.4. The minimum Gasteiger partial charge on any atom is -0.408 e. The molecule has 6 nitrogen and oxygen atoms in total. The van der Waals surface area contributed by atoms with Crippen molar-refractivity contribution in [1.29, 1.82) is 0 Å². The number of methoxy groups -OCH3 is 1. The Balaban J connectivity index is 1.91. The molecule has 0 radical (unpaired) electrons. The van der Waals surface area contributed by atoms with Crippen molar-refractivity contribution in [2.75, 3.05) is 20.3 Å². The van der Waals surface area contributed by atoms with Crippen molar-refractivity contribution in [2.45, 2.75) is 19.4 Å². The summed E-state index contributed by atoms with van der Waals surface area (Å²) >= 11 is 0. The molecule has 1 aromatic carbocycles. The van der Waals surface area contributed by atoms with E-state index in [1.807, 2.05) is 6.07 Å². The van der Waals surface area contributed by atoms with Crippen LogP contribution in [0.3, 0.4) is 0 Å². The first-order chi connectivity index (χ1) is 9.72. The molecule has 20 heavy (non-hydrogen) atoms. The van der Waals surface area contributed by atoms with E-state index in [1.54, 1.807) is 25.3 Å². The number of nitrogens with one attached hydrogen (secondary N) is 1. The fourth-order valence-corrected chi connectivity index (χ4v) is 1.97. The van der Waals surface area contributed by atoms with Crippen molar-refractivity contribution in [3.05, 3.63) is 34.8 Å². The van der Waals surface area contributed by atoms with Gasteiger partial charge in [0.05, 0.1) is 5.52 Å². The van der Waals surface area contributed by atoms with Crippen LogP contribution in [0.5, 0.6) is 0 Å². The van der Waals surface area contributed by atoms with Gasteiger partial charge in [0.1, 0.15) is 0 Å². The van der Waals surface area contributed by atoms with E-state index < -0.39 is 5.76 Å². The number of hydrogen-bond acceptors (Lipinski definition) is 4. The minimum absolute atomic E-state index is 0.0849. The summed E-state index contributed by atoms with van der Waals surface area (Å²) in [6.07, 6.45) is 1.02. The Labute approximate surface area is 116 Å². The van der Waals surface area contributed by atoms with Gasteiger partial charge in [0.2, 0.25) is 5.91 Å². The topological polar surface area (TPSA) is 73.5 Å². The maximum Gasteiger partial charge on any atom is 0.419 e. The first-order valence-corrected chi connectivity index (χ1v) is 6.56. The fraction of sp³-hybridized carbons (Fsp3) is 0.429. The Hall–Kier alpha value is -2.08. The molecule has 0 aliphatic carbocycles. The number of para-hydroxylation sites is 2. The van der Waals surface area contributed by atoms with Crippen LogP contribution in [0.2, 0.25) is 0 Å². The fourth-order valence-electron chi connectivity index (χ4n) is 1.97. The predicted octanol–water partition coefficient (Wildman–Crippen LogP) is 1.14. The highest BCUT2D eigenvalue weighted by Crippen LogP contribution is 2.11. The maximum atomic E-state index is 11.7. The monoisotopic (exact) mass is 278 g/mol. The number of benzene rings is 1. The third-order valence-corrected chi connectivity index (χ3v) is 2.98. The van der Waals surface area contributed by atoms with Gasteiger partial charge in [-0.25, -0.2) is 4.79 Å². The van der Waals surface area contributed by atoms with E-state index in [2.05, 4.69) is 5.32 Å². The van der Waals surface area contributed by atoms with E-state index >= 15 is 0 Å². The molecule has 108 valence electrons. The van der Waals surface area contributed by atoms with Gasteiger partial charge in [-0.2, -0.15) is 0 Å². The summed E-state index contributed by atoms with van der Waals surface area (Å²) < 4.78 is 11.5. The first kappa shape index (κ1) is 14.3. The molecule has 1 heterocycles. The lowest BCUT2D eigenvalue weighted by Gasteiger charge is -2.05. The smallest absolute Gasteiger partial charge is 0.408 e. The number of carbonyl (C=O) groups is 1. The van der Waals surface area contributed by atoms with E-state index in [4.69, 9.17) is 9.15 Å². The highest BCUT2D eigenvalue weighted by Gasteiger charge is 2.09. The SMILES string of the molecule is COCCCNC(=O)CCn1c(=O)oc2ccccc21. The van der Waals surface area contributed by atoms with Crippen LogP contribution in [0.25, 0.3) is 11.1 Å². The third kappa shape index (κ3) is 3.48. The van der Waals surface area contributed by atoms with Crippen LogP contribution in [0.1, 0.15) is 12.8 Å². The molecule has 0 bridgehead atoms. The summed E-state index contributed by atoms with van der Waals surface area (Å²) in [6, 6.07) is 7.17. The molecule has 0 aliphatic rings. The molecule has 0 saturated carbocycles. The van der Waals surface area contributed by atoms with Crippen molar-refractivity contribution < 1.29 is 13.9 Å².